The summed E-state index contributed by atoms with van der Waals surface area (Å²) in [6.07, 6.45) is 2.37. The predicted octanol–water partition coefficient (Wildman–Crippen LogP) is -0.0166. The van der Waals surface area contributed by atoms with Gasteiger partial charge in [-0.05, 0) is 12.8 Å². The normalized spacial score (nSPS) is 30.1. The zero-order valence-electron chi connectivity index (χ0n) is 9.53. The highest BCUT2D eigenvalue weighted by molar-refractivity contribution is 5.93. The Bertz CT molecular complexity index is 296. The molecule has 1 amide bonds. The van der Waals surface area contributed by atoms with Crippen molar-refractivity contribution >= 4 is 11.7 Å². The first-order valence-corrected chi connectivity index (χ1v) is 5.62. The molecule has 0 bridgehead atoms. The van der Waals surface area contributed by atoms with Crippen LogP contribution in [0.5, 0.6) is 0 Å². The zero-order chi connectivity index (χ0) is 11.6. The highest BCUT2D eigenvalue weighted by Gasteiger charge is 2.46. The Morgan fingerprint density at radius 2 is 2.38 bits per heavy atom. The van der Waals surface area contributed by atoms with Gasteiger partial charge in [-0.1, -0.05) is 0 Å². The Kier molecular flexibility index (Phi) is 3.25. The van der Waals surface area contributed by atoms with Crippen LogP contribution >= 0.6 is 0 Å². The monoisotopic (exact) mass is 227 g/mol. The van der Waals surface area contributed by atoms with E-state index < -0.39 is 5.60 Å². The van der Waals surface area contributed by atoms with Gasteiger partial charge in [0.15, 0.2) is 5.78 Å². The lowest BCUT2D eigenvalue weighted by molar-refractivity contribution is -0.154. The summed E-state index contributed by atoms with van der Waals surface area (Å²) >= 11 is 0. The van der Waals surface area contributed by atoms with Gasteiger partial charge in [-0.15, -0.1) is 0 Å². The standard InChI is InChI=1S/C11H17NO4/c1-15-8-10(14)12-5-4-11(9(13)7-12)3-2-6-16-11/h2-8H2,1H3/t11-/m1/s1. The molecule has 2 heterocycles. The maximum Gasteiger partial charge on any atom is 0.248 e. The average Bonchev–Trinajstić information content (AvgIpc) is 2.72. The van der Waals surface area contributed by atoms with Crippen LogP contribution in [0.3, 0.4) is 0 Å². The minimum Gasteiger partial charge on any atom is -0.375 e. The van der Waals surface area contributed by atoms with Gasteiger partial charge in [0.1, 0.15) is 12.2 Å². The van der Waals surface area contributed by atoms with Crippen molar-refractivity contribution < 1.29 is 19.1 Å². The van der Waals surface area contributed by atoms with Gasteiger partial charge in [0.2, 0.25) is 5.91 Å². The van der Waals surface area contributed by atoms with Crippen LogP contribution in [0.4, 0.5) is 0 Å². The van der Waals surface area contributed by atoms with Gasteiger partial charge in [0.05, 0.1) is 6.54 Å². The number of amides is 1. The topological polar surface area (TPSA) is 55.8 Å². The van der Waals surface area contributed by atoms with Gasteiger partial charge in [-0.3, -0.25) is 9.59 Å². The molecule has 2 aliphatic rings. The molecule has 0 aliphatic carbocycles. The van der Waals surface area contributed by atoms with Gasteiger partial charge in [-0.2, -0.15) is 0 Å². The van der Waals surface area contributed by atoms with Crippen LogP contribution in [0.2, 0.25) is 0 Å². The number of ether oxygens (including phenoxy) is 2. The highest BCUT2D eigenvalue weighted by Crippen LogP contribution is 2.33. The fourth-order valence-corrected chi connectivity index (χ4v) is 2.39. The number of ketones is 1. The van der Waals surface area contributed by atoms with Crippen LogP contribution in [-0.4, -0.2) is 55.6 Å². The van der Waals surface area contributed by atoms with Gasteiger partial charge in [0, 0.05) is 26.7 Å². The summed E-state index contributed by atoms with van der Waals surface area (Å²) in [6.45, 7) is 1.47. The SMILES string of the molecule is COCC(=O)N1CC[C@]2(CCCO2)C(=O)C1. The van der Waals surface area contributed by atoms with Crippen molar-refractivity contribution in [3.63, 3.8) is 0 Å². The minimum absolute atomic E-state index is 0.0423. The summed E-state index contributed by atoms with van der Waals surface area (Å²) in [4.78, 5) is 25.1. The van der Waals surface area contributed by atoms with E-state index in [0.717, 1.165) is 12.8 Å². The highest BCUT2D eigenvalue weighted by atomic mass is 16.5. The molecule has 0 aromatic rings. The molecule has 2 aliphatic heterocycles. The number of likely N-dealkylation sites (tertiary alicyclic amines) is 1. The van der Waals surface area contributed by atoms with E-state index >= 15 is 0 Å². The Labute approximate surface area is 94.7 Å². The molecule has 16 heavy (non-hydrogen) atoms. The second kappa shape index (κ2) is 4.51. The summed E-state index contributed by atoms with van der Waals surface area (Å²) < 4.78 is 10.3. The largest absolute Gasteiger partial charge is 0.375 e. The first kappa shape index (κ1) is 11.5. The third kappa shape index (κ3) is 1.97. The van der Waals surface area contributed by atoms with E-state index in [2.05, 4.69) is 0 Å². The lowest BCUT2D eigenvalue weighted by atomic mass is 9.87. The second-order valence-electron chi connectivity index (χ2n) is 4.37. The van der Waals surface area contributed by atoms with Crippen molar-refractivity contribution in [2.24, 2.45) is 0 Å². The average molecular weight is 227 g/mol. The Morgan fingerprint density at radius 3 is 2.94 bits per heavy atom. The van der Waals surface area contributed by atoms with Crippen LogP contribution in [0.25, 0.3) is 0 Å². The first-order valence-electron chi connectivity index (χ1n) is 5.62. The lowest BCUT2D eigenvalue weighted by Crippen LogP contribution is -2.54. The van der Waals surface area contributed by atoms with Crippen molar-refractivity contribution in [2.45, 2.75) is 24.9 Å². The van der Waals surface area contributed by atoms with Crippen LogP contribution < -0.4 is 0 Å². The summed E-state index contributed by atoms with van der Waals surface area (Å²) in [6, 6.07) is 0. The lowest BCUT2D eigenvalue weighted by Gasteiger charge is -2.36. The molecule has 0 unspecified atom stereocenters. The molecule has 5 nitrogen and oxygen atoms in total. The van der Waals surface area contributed by atoms with E-state index in [-0.39, 0.29) is 24.8 Å². The van der Waals surface area contributed by atoms with Crippen molar-refractivity contribution in [1.82, 2.24) is 4.90 Å². The molecule has 90 valence electrons. The van der Waals surface area contributed by atoms with Gasteiger partial charge >= 0.3 is 0 Å². The second-order valence-corrected chi connectivity index (χ2v) is 4.37. The van der Waals surface area contributed by atoms with E-state index in [1.807, 2.05) is 0 Å². The Hall–Kier alpha value is -0.940. The van der Waals surface area contributed by atoms with Crippen molar-refractivity contribution in [2.75, 3.05) is 33.4 Å². The molecule has 0 N–H and O–H groups in total. The van der Waals surface area contributed by atoms with Gasteiger partial charge < -0.3 is 14.4 Å². The molecule has 0 aromatic carbocycles. The van der Waals surface area contributed by atoms with Gasteiger partial charge in [0.25, 0.3) is 0 Å². The molecule has 0 saturated carbocycles. The number of piperidine rings is 1. The molecule has 1 atom stereocenters. The van der Waals surface area contributed by atoms with Crippen molar-refractivity contribution in [3.8, 4) is 0 Å². The van der Waals surface area contributed by atoms with E-state index in [0.29, 0.717) is 19.6 Å². The van der Waals surface area contributed by atoms with Crippen LogP contribution in [0, 0.1) is 0 Å². The van der Waals surface area contributed by atoms with Gasteiger partial charge in [-0.25, -0.2) is 0 Å². The third-order valence-electron chi connectivity index (χ3n) is 3.35. The maximum atomic E-state index is 12.0. The quantitative estimate of drug-likeness (QED) is 0.665. The zero-order valence-corrected chi connectivity index (χ0v) is 9.53. The fourth-order valence-electron chi connectivity index (χ4n) is 2.39. The number of hydrogen-bond acceptors (Lipinski definition) is 4. The fraction of sp³-hybridized carbons (Fsp3) is 0.818. The third-order valence-corrected chi connectivity index (χ3v) is 3.35. The summed E-state index contributed by atoms with van der Waals surface area (Å²) in [5.41, 5.74) is -0.580. The molecule has 2 rings (SSSR count). The molecule has 2 saturated heterocycles. The number of nitrogens with zero attached hydrogens (tertiary/aromatic N) is 1. The van der Waals surface area contributed by atoms with E-state index in [4.69, 9.17) is 9.47 Å². The molecule has 5 heteroatoms. The number of carbonyl (C=O) groups is 2. The summed E-state index contributed by atoms with van der Waals surface area (Å²) in [5, 5.41) is 0. The molecular weight excluding hydrogens is 210 g/mol. The van der Waals surface area contributed by atoms with E-state index in [1.165, 1.54) is 7.11 Å². The smallest absolute Gasteiger partial charge is 0.248 e. The molecule has 0 aromatic heterocycles. The van der Waals surface area contributed by atoms with Crippen molar-refractivity contribution in [3.05, 3.63) is 0 Å². The number of rotatable bonds is 2. The Balaban J connectivity index is 1.97. The number of methoxy groups -OCH3 is 1. The number of carbonyl (C=O) groups excluding carboxylic acids is 2. The van der Waals surface area contributed by atoms with Crippen LogP contribution in [0.1, 0.15) is 19.3 Å². The molecule has 2 fully saturated rings. The number of hydrogen-bond donors (Lipinski definition) is 0. The number of Topliss-reactive ketones (excluding diaryl/α,β-unsaturated/α-hetero) is 1. The summed E-state index contributed by atoms with van der Waals surface area (Å²) in [5.74, 6) is -0.0793. The molecular formula is C11H17NO4. The van der Waals surface area contributed by atoms with Crippen LogP contribution in [-0.2, 0) is 19.1 Å². The molecule has 1 spiro atoms. The predicted molar refractivity (Wildman–Crippen MR) is 56.0 cm³/mol. The minimum atomic E-state index is -0.580. The van der Waals surface area contributed by atoms with Crippen molar-refractivity contribution in [1.29, 1.82) is 0 Å². The van der Waals surface area contributed by atoms with Crippen LogP contribution in [0.15, 0.2) is 0 Å². The maximum absolute atomic E-state index is 12.0. The molecule has 0 radical (unpaired) electrons. The van der Waals surface area contributed by atoms with E-state index in [1.54, 1.807) is 4.90 Å². The first-order chi connectivity index (χ1) is 7.68. The Morgan fingerprint density at radius 1 is 1.56 bits per heavy atom. The van der Waals surface area contributed by atoms with E-state index in [9.17, 15) is 9.59 Å². The summed E-state index contributed by atoms with van der Waals surface area (Å²) in [7, 11) is 1.48.